The van der Waals surface area contributed by atoms with Gasteiger partial charge < -0.3 is 25.4 Å². The number of nitrogens with zero attached hydrogens (tertiary/aromatic N) is 1. The highest BCUT2D eigenvalue weighted by atomic mass is 16.5. The van der Waals surface area contributed by atoms with E-state index in [1.807, 2.05) is 66.7 Å². The lowest BCUT2D eigenvalue weighted by atomic mass is 10.0. The summed E-state index contributed by atoms with van der Waals surface area (Å²) in [5.41, 5.74) is 2.36. The van der Waals surface area contributed by atoms with E-state index in [4.69, 9.17) is 4.74 Å². The molecule has 0 saturated carbocycles. The third-order valence-corrected chi connectivity index (χ3v) is 5.76. The number of carbonyl (C=O) groups is 4. The van der Waals surface area contributed by atoms with Crippen molar-refractivity contribution in [3.8, 4) is 0 Å². The second kappa shape index (κ2) is 14.2. The number of likely N-dealkylation sites (N-methyl/N-ethyl adjacent to an activating group) is 1. The SMILES string of the molecule is CN(CC(=O)N[C@@H](Cc1ccccc1)C(=O)O)C(=O)[C@H](Cc1ccccc1)NC(=O)OCc1ccccc1. The molecule has 9 nitrogen and oxygen atoms in total. The summed E-state index contributed by atoms with van der Waals surface area (Å²) in [7, 11) is 1.42. The molecule has 0 aliphatic heterocycles. The molecule has 0 aliphatic carbocycles. The molecule has 0 saturated heterocycles. The minimum atomic E-state index is -1.18. The number of ether oxygens (including phenoxy) is 1. The van der Waals surface area contributed by atoms with Gasteiger partial charge >= 0.3 is 12.1 Å². The highest BCUT2D eigenvalue weighted by molar-refractivity contribution is 5.91. The van der Waals surface area contributed by atoms with E-state index in [1.165, 1.54) is 7.05 Å². The Bertz CT molecular complexity index is 1200. The zero-order chi connectivity index (χ0) is 27.3. The van der Waals surface area contributed by atoms with Crippen LogP contribution in [0.25, 0.3) is 0 Å². The molecule has 198 valence electrons. The van der Waals surface area contributed by atoms with Gasteiger partial charge in [-0.2, -0.15) is 0 Å². The molecular formula is C29H31N3O6. The minimum absolute atomic E-state index is 0.0369. The van der Waals surface area contributed by atoms with Crippen LogP contribution in [-0.4, -0.2) is 59.6 Å². The van der Waals surface area contributed by atoms with E-state index in [1.54, 1.807) is 24.3 Å². The van der Waals surface area contributed by atoms with Crippen molar-refractivity contribution in [3.63, 3.8) is 0 Å². The Morgan fingerprint density at radius 1 is 0.737 bits per heavy atom. The second-order valence-electron chi connectivity index (χ2n) is 8.79. The lowest BCUT2D eigenvalue weighted by Gasteiger charge is -2.25. The fraction of sp³-hybridized carbons (Fsp3) is 0.241. The number of aliphatic carboxylic acids is 1. The van der Waals surface area contributed by atoms with Crippen LogP contribution in [0, 0.1) is 0 Å². The van der Waals surface area contributed by atoms with Crippen LogP contribution < -0.4 is 10.6 Å². The van der Waals surface area contributed by atoms with Gasteiger partial charge in [-0.3, -0.25) is 9.59 Å². The van der Waals surface area contributed by atoms with Crippen molar-refractivity contribution in [2.45, 2.75) is 31.5 Å². The number of carboxylic acid groups (broad SMARTS) is 1. The molecule has 0 bridgehead atoms. The lowest BCUT2D eigenvalue weighted by Crippen LogP contribution is -2.52. The van der Waals surface area contributed by atoms with Crippen LogP contribution in [0.15, 0.2) is 91.0 Å². The predicted octanol–water partition coefficient (Wildman–Crippen LogP) is 2.79. The molecule has 3 aromatic carbocycles. The third-order valence-electron chi connectivity index (χ3n) is 5.76. The van der Waals surface area contributed by atoms with Gasteiger partial charge in [0.2, 0.25) is 11.8 Å². The largest absolute Gasteiger partial charge is 0.480 e. The van der Waals surface area contributed by atoms with Crippen LogP contribution in [0.1, 0.15) is 16.7 Å². The van der Waals surface area contributed by atoms with Gasteiger partial charge in [-0.25, -0.2) is 9.59 Å². The van der Waals surface area contributed by atoms with E-state index in [0.717, 1.165) is 21.6 Å². The smallest absolute Gasteiger partial charge is 0.408 e. The summed E-state index contributed by atoms with van der Waals surface area (Å²) in [6.07, 6.45) is -0.488. The number of hydrogen-bond acceptors (Lipinski definition) is 5. The number of benzene rings is 3. The third kappa shape index (κ3) is 9.09. The molecule has 3 aromatic rings. The molecule has 0 unspecified atom stereocenters. The molecule has 3 amide bonds. The van der Waals surface area contributed by atoms with Gasteiger partial charge in [-0.1, -0.05) is 91.0 Å². The zero-order valence-electron chi connectivity index (χ0n) is 21.1. The normalized spacial score (nSPS) is 12.0. The average molecular weight is 518 g/mol. The molecule has 0 radical (unpaired) electrons. The van der Waals surface area contributed by atoms with Crippen molar-refractivity contribution >= 4 is 23.9 Å². The Hall–Kier alpha value is -4.66. The maximum absolute atomic E-state index is 13.3. The molecule has 0 aromatic heterocycles. The topological polar surface area (TPSA) is 125 Å². The fourth-order valence-electron chi connectivity index (χ4n) is 3.81. The van der Waals surface area contributed by atoms with Crippen LogP contribution in [0.4, 0.5) is 4.79 Å². The Morgan fingerprint density at radius 2 is 1.21 bits per heavy atom. The van der Waals surface area contributed by atoms with Crippen LogP contribution in [-0.2, 0) is 38.6 Å². The molecule has 2 atom stereocenters. The van der Waals surface area contributed by atoms with Crippen molar-refractivity contribution in [2.24, 2.45) is 0 Å². The number of alkyl carbamates (subject to hydrolysis) is 1. The first-order valence-corrected chi connectivity index (χ1v) is 12.1. The van der Waals surface area contributed by atoms with Crippen LogP contribution >= 0.6 is 0 Å². The van der Waals surface area contributed by atoms with Crippen molar-refractivity contribution in [3.05, 3.63) is 108 Å². The summed E-state index contributed by atoms with van der Waals surface area (Å²) < 4.78 is 5.28. The van der Waals surface area contributed by atoms with Crippen LogP contribution in [0.5, 0.6) is 0 Å². The second-order valence-corrected chi connectivity index (χ2v) is 8.79. The first kappa shape index (κ1) is 27.9. The molecule has 3 rings (SSSR count). The summed E-state index contributed by atoms with van der Waals surface area (Å²) in [4.78, 5) is 51.3. The van der Waals surface area contributed by atoms with E-state index in [-0.39, 0.29) is 26.0 Å². The van der Waals surface area contributed by atoms with Gasteiger partial charge in [0.15, 0.2) is 0 Å². The maximum Gasteiger partial charge on any atom is 0.408 e. The number of carboxylic acids is 1. The van der Waals surface area contributed by atoms with Gasteiger partial charge in [0.25, 0.3) is 0 Å². The Kier molecular flexibility index (Phi) is 10.4. The number of rotatable bonds is 12. The van der Waals surface area contributed by atoms with Gasteiger partial charge in [0.05, 0.1) is 6.54 Å². The minimum Gasteiger partial charge on any atom is -0.480 e. The maximum atomic E-state index is 13.3. The number of nitrogens with one attached hydrogen (secondary N) is 2. The number of carbonyl (C=O) groups excluding carboxylic acids is 3. The molecule has 0 heterocycles. The fourth-order valence-corrected chi connectivity index (χ4v) is 3.81. The van der Waals surface area contributed by atoms with Crippen molar-refractivity contribution in [1.82, 2.24) is 15.5 Å². The Labute approximate surface area is 221 Å². The van der Waals surface area contributed by atoms with E-state index < -0.39 is 36.0 Å². The van der Waals surface area contributed by atoms with E-state index in [0.29, 0.717) is 0 Å². The van der Waals surface area contributed by atoms with Gasteiger partial charge in [-0.05, 0) is 16.7 Å². The number of hydrogen-bond donors (Lipinski definition) is 3. The summed E-state index contributed by atoms with van der Waals surface area (Å²) in [5, 5.41) is 14.6. The van der Waals surface area contributed by atoms with E-state index in [2.05, 4.69) is 10.6 Å². The highest BCUT2D eigenvalue weighted by Crippen LogP contribution is 2.08. The van der Waals surface area contributed by atoms with Crippen LogP contribution in [0.2, 0.25) is 0 Å². The van der Waals surface area contributed by atoms with Gasteiger partial charge in [-0.15, -0.1) is 0 Å². The zero-order valence-corrected chi connectivity index (χ0v) is 21.1. The molecular weight excluding hydrogens is 486 g/mol. The van der Waals surface area contributed by atoms with Crippen molar-refractivity contribution in [2.75, 3.05) is 13.6 Å². The van der Waals surface area contributed by atoms with Gasteiger partial charge in [0.1, 0.15) is 18.7 Å². The molecule has 38 heavy (non-hydrogen) atoms. The lowest BCUT2D eigenvalue weighted by molar-refractivity contribution is -0.142. The molecule has 0 fully saturated rings. The monoisotopic (exact) mass is 517 g/mol. The summed E-state index contributed by atoms with van der Waals surface area (Å²) >= 11 is 0. The molecule has 0 aliphatic rings. The number of amides is 3. The highest BCUT2D eigenvalue weighted by Gasteiger charge is 2.27. The quantitative estimate of drug-likeness (QED) is 0.339. The molecule has 9 heteroatoms. The van der Waals surface area contributed by atoms with Crippen LogP contribution in [0.3, 0.4) is 0 Å². The summed E-state index contributed by atoms with van der Waals surface area (Å²) in [6, 6.07) is 25.0. The van der Waals surface area contributed by atoms with Gasteiger partial charge in [0, 0.05) is 19.9 Å². The summed E-state index contributed by atoms with van der Waals surface area (Å²) in [6.45, 7) is -0.349. The predicted molar refractivity (Wildman–Crippen MR) is 141 cm³/mol. The van der Waals surface area contributed by atoms with Crippen molar-refractivity contribution < 1.29 is 29.0 Å². The Morgan fingerprint density at radius 3 is 1.71 bits per heavy atom. The molecule has 0 spiro atoms. The van der Waals surface area contributed by atoms with E-state index in [9.17, 15) is 24.3 Å². The average Bonchev–Trinajstić information content (AvgIpc) is 2.92. The first-order chi connectivity index (χ1) is 18.3. The Balaban J connectivity index is 1.62. The first-order valence-electron chi connectivity index (χ1n) is 12.1. The standard InChI is InChI=1S/C29H31N3O6/c1-32(19-26(33)30-25(28(35)36)18-22-13-7-3-8-14-22)27(34)24(17-21-11-5-2-6-12-21)31-29(37)38-20-23-15-9-4-10-16-23/h2-16,24-25H,17-20H2,1H3,(H,30,33)(H,31,37)(H,35,36)/t24-,25-/m0/s1. The summed E-state index contributed by atoms with van der Waals surface area (Å²) in [5.74, 6) is -2.33. The van der Waals surface area contributed by atoms with Crippen molar-refractivity contribution in [1.29, 1.82) is 0 Å². The molecule has 3 N–H and O–H groups in total. The van der Waals surface area contributed by atoms with E-state index >= 15 is 0 Å².